The van der Waals surface area contributed by atoms with E-state index in [4.69, 9.17) is 14.5 Å². The molecule has 0 aliphatic carbocycles. The maximum absolute atomic E-state index is 12.8. The van der Waals surface area contributed by atoms with Gasteiger partial charge in [-0.15, -0.1) is 0 Å². The summed E-state index contributed by atoms with van der Waals surface area (Å²) in [5.41, 5.74) is 1.93. The molecule has 0 radical (unpaired) electrons. The van der Waals surface area contributed by atoms with Crippen LogP contribution in [0.1, 0.15) is 20.8 Å². The van der Waals surface area contributed by atoms with Gasteiger partial charge in [0.1, 0.15) is 11.4 Å². The number of nitrogens with zero attached hydrogens (tertiary/aromatic N) is 3. The molecule has 1 fully saturated rings. The first kappa shape index (κ1) is 19.9. The summed E-state index contributed by atoms with van der Waals surface area (Å²) < 4.78 is 13.6. The minimum absolute atomic E-state index is 0.402. The standard InChI is InChI=1S/C22H24BrN3O3/c1-22(2,3)29-21(27)26-14-17(16-13-15(23)7-8-19(16)26)18-5-4-6-20(24-18)25-9-11-28-12-10-25/h4-8,13-14H,9-12H2,1-3H3. The third-order valence-electron chi connectivity index (χ3n) is 4.70. The molecule has 0 bridgehead atoms. The molecule has 152 valence electrons. The maximum Gasteiger partial charge on any atom is 0.419 e. The fraction of sp³-hybridized carbons (Fsp3) is 0.364. The van der Waals surface area contributed by atoms with Gasteiger partial charge in [-0.05, 0) is 51.1 Å². The predicted molar refractivity (Wildman–Crippen MR) is 118 cm³/mol. The lowest BCUT2D eigenvalue weighted by molar-refractivity contribution is 0.0544. The van der Waals surface area contributed by atoms with E-state index in [1.807, 2.05) is 63.4 Å². The monoisotopic (exact) mass is 457 g/mol. The van der Waals surface area contributed by atoms with Gasteiger partial charge in [-0.3, -0.25) is 4.57 Å². The highest BCUT2D eigenvalue weighted by Gasteiger charge is 2.22. The topological polar surface area (TPSA) is 56.6 Å². The molecule has 1 aromatic carbocycles. The Labute approximate surface area is 178 Å². The highest BCUT2D eigenvalue weighted by atomic mass is 79.9. The van der Waals surface area contributed by atoms with Crippen LogP contribution in [0.25, 0.3) is 22.2 Å². The number of hydrogen-bond donors (Lipinski definition) is 0. The second-order valence-electron chi connectivity index (χ2n) is 8.04. The highest BCUT2D eigenvalue weighted by molar-refractivity contribution is 9.10. The maximum atomic E-state index is 12.8. The molecule has 1 aliphatic rings. The number of benzene rings is 1. The Bertz CT molecular complexity index is 1050. The van der Waals surface area contributed by atoms with Gasteiger partial charge in [-0.2, -0.15) is 0 Å². The van der Waals surface area contributed by atoms with Crippen molar-refractivity contribution in [3.05, 3.63) is 47.1 Å². The van der Waals surface area contributed by atoms with Gasteiger partial charge < -0.3 is 14.4 Å². The van der Waals surface area contributed by atoms with Crippen molar-refractivity contribution in [2.45, 2.75) is 26.4 Å². The largest absolute Gasteiger partial charge is 0.443 e. The molecule has 2 aromatic heterocycles. The van der Waals surface area contributed by atoms with E-state index in [0.717, 1.165) is 45.5 Å². The Hall–Kier alpha value is -2.38. The fourth-order valence-corrected chi connectivity index (χ4v) is 3.77. The molecular formula is C22H24BrN3O3. The first-order chi connectivity index (χ1) is 13.8. The summed E-state index contributed by atoms with van der Waals surface area (Å²) in [6.45, 7) is 8.64. The third kappa shape index (κ3) is 4.31. The first-order valence-electron chi connectivity index (χ1n) is 9.66. The molecule has 0 saturated carbocycles. The average molecular weight is 458 g/mol. The normalized spacial score (nSPS) is 15.0. The summed E-state index contributed by atoms with van der Waals surface area (Å²) in [6.07, 6.45) is 1.41. The minimum Gasteiger partial charge on any atom is -0.443 e. The number of fused-ring (bicyclic) bond motifs is 1. The molecule has 29 heavy (non-hydrogen) atoms. The van der Waals surface area contributed by atoms with Crippen molar-refractivity contribution < 1.29 is 14.3 Å². The number of carbonyl (C=O) groups is 1. The van der Waals surface area contributed by atoms with Crippen molar-refractivity contribution in [1.29, 1.82) is 0 Å². The van der Waals surface area contributed by atoms with E-state index < -0.39 is 11.7 Å². The molecule has 0 atom stereocenters. The van der Waals surface area contributed by atoms with Gasteiger partial charge in [0.05, 0.1) is 24.4 Å². The molecule has 1 saturated heterocycles. The molecule has 7 heteroatoms. The summed E-state index contributed by atoms with van der Waals surface area (Å²) in [5.74, 6) is 0.916. The van der Waals surface area contributed by atoms with E-state index in [9.17, 15) is 4.79 Å². The first-order valence-corrected chi connectivity index (χ1v) is 10.5. The lowest BCUT2D eigenvalue weighted by Gasteiger charge is -2.28. The number of anilines is 1. The summed E-state index contributed by atoms with van der Waals surface area (Å²) >= 11 is 3.54. The second-order valence-corrected chi connectivity index (χ2v) is 8.95. The van der Waals surface area contributed by atoms with Crippen LogP contribution in [0.3, 0.4) is 0 Å². The molecular weight excluding hydrogens is 434 g/mol. The number of carbonyl (C=O) groups excluding carboxylic acids is 1. The van der Waals surface area contributed by atoms with E-state index >= 15 is 0 Å². The molecule has 4 rings (SSSR count). The molecule has 0 spiro atoms. The molecule has 6 nitrogen and oxygen atoms in total. The van der Waals surface area contributed by atoms with Crippen molar-refractivity contribution in [1.82, 2.24) is 9.55 Å². The number of halogens is 1. The quantitative estimate of drug-likeness (QED) is 0.536. The van der Waals surface area contributed by atoms with Crippen LogP contribution >= 0.6 is 15.9 Å². The smallest absolute Gasteiger partial charge is 0.419 e. The van der Waals surface area contributed by atoms with Crippen LogP contribution in [-0.2, 0) is 9.47 Å². The zero-order chi connectivity index (χ0) is 20.6. The van der Waals surface area contributed by atoms with Gasteiger partial charge >= 0.3 is 6.09 Å². The minimum atomic E-state index is -0.572. The molecule has 0 amide bonds. The Balaban J connectivity index is 1.80. The van der Waals surface area contributed by atoms with Gasteiger partial charge in [-0.25, -0.2) is 9.78 Å². The van der Waals surface area contributed by atoms with Crippen LogP contribution < -0.4 is 4.90 Å². The van der Waals surface area contributed by atoms with Gasteiger partial charge in [-0.1, -0.05) is 22.0 Å². The zero-order valence-corrected chi connectivity index (χ0v) is 18.4. The van der Waals surface area contributed by atoms with E-state index in [1.54, 1.807) is 4.57 Å². The van der Waals surface area contributed by atoms with Crippen LogP contribution in [0.2, 0.25) is 0 Å². The van der Waals surface area contributed by atoms with Crippen molar-refractivity contribution >= 4 is 38.7 Å². The molecule has 3 aromatic rings. The average Bonchev–Trinajstić information content (AvgIpc) is 3.06. The van der Waals surface area contributed by atoms with Crippen LogP contribution in [-0.4, -0.2) is 47.5 Å². The predicted octanol–water partition coefficient (Wildman–Crippen LogP) is 5.09. The molecule has 0 unspecified atom stereocenters. The number of hydrogen-bond acceptors (Lipinski definition) is 5. The van der Waals surface area contributed by atoms with E-state index in [-0.39, 0.29) is 0 Å². The Morgan fingerprint density at radius 3 is 2.66 bits per heavy atom. The fourth-order valence-electron chi connectivity index (χ4n) is 3.41. The van der Waals surface area contributed by atoms with Crippen molar-refractivity contribution in [2.24, 2.45) is 0 Å². The zero-order valence-electron chi connectivity index (χ0n) is 16.8. The van der Waals surface area contributed by atoms with Gasteiger partial charge in [0.2, 0.25) is 0 Å². The Morgan fingerprint density at radius 1 is 1.17 bits per heavy atom. The Kier molecular flexibility index (Phi) is 5.36. The number of ether oxygens (including phenoxy) is 2. The molecule has 0 N–H and O–H groups in total. The van der Waals surface area contributed by atoms with Crippen LogP contribution in [0.4, 0.5) is 10.6 Å². The molecule has 3 heterocycles. The van der Waals surface area contributed by atoms with Gasteiger partial charge in [0, 0.05) is 34.7 Å². The lowest BCUT2D eigenvalue weighted by atomic mass is 10.1. The Morgan fingerprint density at radius 2 is 1.93 bits per heavy atom. The van der Waals surface area contributed by atoms with Crippen LogP contribution in [0.15, 0.2) is 47.1 Å². The van der Waals surface area contributed by atoms with Crippen molar-refractivity contribution in [3.8, 4) is 11.3 Å². The van der Waals surface area contributed by atoms with Gasteiger partial charge in [0.25, 0.3) is 0 Å². The van der Waals surface area contributed by atoms with Crippen LogP contribution in [0, 0.1) is 0 Å². The molecule has 1 aliphatic heterocycles. The number of pyridine rings is 1. The summed E-state index contributed by atoms with van der Waals surface area (Å²) in [6, 6.07) is 11.8. The SMILES string of the molecule is CC(C)(C)OC(=O)n1cc(-c2cccc(N3CCOCC3)n2)c2cc(Br)ccc21. The van der Waals surface area contributed by atoms with Gasteiger partial charge in [0.15, 0.2) is 0 Å². The highest BCUT2D eigenvalue weighted by Crippen LogP contribution is 2.33. The summed E-state index contributed by atoms with van der Waals surface area (Å²) in [7, 11) is 0. The van der Waals surface area contributed by atoms with E-state index in [0.29, 0.717) is 13.2 Å². The number of aromatic nitrogens is 2. The van der Waals surface area contributed by atoms with Crippen molar-refractivity contribution in [2.75, 3.05) is 31.2 Å². The van der Waals surface area contributed by atoms with E-state index in [1.165, 1.54) is 0 Å². The van der Waals surface area contributed by atoms with Crippen LogP contribution in [0.5, 0.6) is 0 Å². The summed E-state index contributed by atoms with van der Waals surface area (Å²) in [5, 5.41) is 0.942. The van der Waals surface area contributed by atoms with E-state index in [2.05, 4.69) is 20.8 Å². The lowest BCUT2D eigenvalue weighted by Crippen LogP contribution is -2.36. The third-order valence-corrected chi connectivity index (χ3v) is 5.20. The number of rotatable bonds is 2. The second kappa shape index (κ2) is 7.80. The van der Waals surface area contributed by atoms with Crippen molar-refractivity contribution in [3.63, 3.8) is 0 Å². The summed E-state index contributed by atoms with van der Waals surface area (Å²) in [4.78, 5) is 19.9. The number of morpholine rings is 1.